The van der Waals surface area contributed by atoms with Crippen LogP contribution in [-0.2, 0) is 4.79 Å². The second kappa shape index (κ2) is 5.38. The molecule has 0 saturated carbocycles. The maximum absolute atomic E-state index is 11.9. The van der Waals surface area contributed by atoms with E-state index in [4.69, 9.17) is 11.6 Å². The Morgan fingerprint density at radius 3 is 2.71 bits per heavy atom. The van der Waals surface area contributed by atoms with Gasteiger partial charge < -0.3 is 4.90 Å². The molecule has 1 amide bonds. The number of halogens is 1. The molecule has 1 aliphatic rings. The normalized spacial score (nSPS) is 15.1. The van der Waals surface area contributed by atoms with E-state index in [1.807, 2.05) is 5.41 Å². The van der Waals surface area contributed by atoms with E-state index in [-0.39, 0.29) is 18.2 Å². The minimum atomic E-state index is -0.0911. The molecule has 0 aliphatic carbocycles. The van der Waals surface area contributed by atoms with Crippen molar-refractivity contribution in [3.8, 4) is 0 Å². The minimum absolute atomic E-state index is 0.0418. The lowest BCUT2D eigenvalue weighted by Gasteiger charge is -2.20. The number of ketones is 1. The molecular formula is C12H10ClNO2S. The van der Waals surface area contributed by atoms with Gasteiger partial charge >= 0.3 is 0 Å². The number of carbonyl (C=O) groups excluding carboxylic acids is 2. The van der Waals surface area contributed by atoms with E-state index in [9.17, 15) is 9.59 Å². The number of rotatable bonds is 3. The molecule has 1 aromatic rings. The molecule has 3 nitrogen and oxygen atoms in total. The van der Waals surface area contributed by atoms with Crippen molar-refractivity contribution in [3.05, 3.63) is 46.5 Å². The van der Waals surface area contributed by atoms with E-state index in [1.54, 1.807) is 30.5 Å². The Bertz CT molecular complexity index is 470. The van der Waals surface area contributed by atoms with Crippen molar-refractivity contribution >= 4 is 35.1 Å². The van der Waals surface area contributed by atoms with Crippen LogP contribution < -0.4 is 0 Å². The molecule has 0 radical (unpaired) electrons. The van der Waals surface area contributed by atoms with Gasteiger partial charge in [-0.25, -0.2) is 0 Å². The lowest BCUT2D eigenvalue weighted by atomic mass is 10.1. The van der Waals surface area contributed by atoms with Crippen LogP contribution in [0, 0.1) is 0 Å². The van der Waals surface area contributed by atoms with Crippen LogP contribution in [0.15, 0.2) is 35.9 Å². The highest BCUT2D eigenvalue weighted by molar-refractivity contribution is 8.02. The Morgan fingerprint density at radius 1 is 1.35 bits per heavy atom. The first kappa shape index (κ1) is 12.2. The van der Waals surface area contributed by atoms with Gasteiger partial charge in [0.25, 0.3) is 0 Å². The van der Waals surface area contributed by atoms with E-state index in [2.05, 4.69) is 0 Å². The first-order valence-electron chi connectivity index (χ1n) is 5.03. The van der Waals surface area contributed by atoms with Gasteiger partial charge in [-0.05, 0) is 29.7 Å². The Kier molecular flexibility index (Phi) is 3.86. The molecule has 0 unspecified atom stereocenters. The summed E-state index contributed by atoms with van der Waals surface area (Å²) in [6.07, 6.45) is 1.64. The summed E-state index contributed by atoms with van der Waals surface area (Å²) in [4.78, 5) is 24.8. The number of hydrogen-bond acceptors (Lipinski definition) is 3. The average Bonchev–Trinajstić information content (AvgIpc) is 2.33. The number of nitrogens with zero attached hydrogens (tertiary/aromatic N) is 1. The lowest BCUT2D eigenvalue weighted by molar-refractivity contribution is -0.125. The fraction of sp³-hybridized carbons (Fsp3) is 0.167. The summed E-state index contributed by atoms with van der Waals surface area (Å²) in [7, 11) is 0. The fourth-order valence-corrected chi connectivity index (χ4v) is 2.19. The maximum atomic E-state index is 11.9. The van der Waals surface area contributed by atoms with Crippen LogP contribution >= 0.6 is 23.4 Å². The molecule has 1 aromatic carbocycles. The Morgan fingerprint density at radius 2 is 2.06 bits per heavy atom. The van der Waals surface area contributed by atoms with E-state index in [0.29, 0.717) is 16.3 Å². The first-order valence-corrected chi connectivity index (χ1v) is 6.46. The average molecular weight is 268 g/mol. The number of Topliss-reactive ketones (excluding diaryl/α,β-unsaturated/α-hetero) is 1. The summed E-state index contributed by atoms with van der Waals surface area (Å²) in [6, 6.07) is 6.66. The van der Waals surface area contributed by atoms with Crippen molar-refractivity contribution in [1.82, 2.24) is 4.90 Å². The second-order valence-electron chi connectivity index (χ2n) is 3.55. The molecule has 2 rings (SSSR count). The molecule has 88 valence electrons. The monoisotopic (exact) mass is 267 g/mol. The lowest BCUT2D eigenvalue weighted by Crippen LogP contribution is -2.33. The molecule has 1 heterocycles. The molecule has 0 fully saturated rings. The third kappa shape index (κ3) is 3.11. The second-order valence-corrected chi connectivity index (χ2v) is 4.88. The summed E-state index contributed by atoms with van der Waals surface area (Å²) in [6.45, 7) is 0.0809. The van der Waals surface area contributed by atoms with Crippen LogP contribution in [-0.4, -0.2) is 28.9 Å². The highest BCUT2D eigenvalue weighted by Crippen LogP contribution is 2.14. The number of carbonyl (C=O) groups is 2. The number of benzene rings is 1. The van der Waals surface area contributed by atoms with E-state index >= 15 is 0 Å². The topological polar surface area (TPSA) is 37.4 Å². The van der Waals surface area contributed by atoms with Gasteiger partial charge in [-0.2, -0.15) is 0 Å². The Labute approximate surface area is 108 Å². The summed E-state index contributed by atoms with van der Waals surface area (Å²) in [5.74, 6) is 0.260. The summed E-state index contributed by atoms with van der Waals surface area (Å²) >= 11 is 7.17. The van der Waals surface area contributed by atoms with Crippen molar-refractivity contribution in [2.75, 3.05) is 12.3 Å². The van der Waals surface area contributed by atoms with E-state index < -0.39 is 0 Å². The summed E-state index contributed by atoms with van der Waals surface area (Å²) < 4.78 is 0. The third-order valence-electron chi connectivity index (χ3n) is 2.34. The zero-order chi connectivity index (χ0) is 12.3. The summed E-state index contributed by atoms with van der Waals surface area (Å²) in [5.41, 5.74) is 0.564. The smallest absolute Gasteiger partial charge is 0.237 e. The van der Waals surface area contributed by atoms with Gasteiger partial charge in [0.2, 0.25) is 5.91 Å². The standard InChI is InChI=1S/C12H10ClNO2S/c13-10-3-1-9(2-4-10)11(15)7-14-5-6-17-8-12(14)16/h1-6H,7-8H2. The molecular weight excluding hydrogens is 258 g/mol. The van der Waals surface area contributed by atoms with Crippen molar-refractivity contribution < 1.29 is 9.59 Å². The predicted octanol–water partition coefficient (Wildman–Crippen LogP) is 2.57. The van der Waals surface area contributed by atoms with E-state index in [0.717, 1.165) is 0 Å². The third-order valence-corrected chi connectivity index (χ3v) is 3.32. The highest BCUT2D eigenvalue weighted by Gasteiger charge is 2.18. The van der Waals surface area contributed by atoms with Crippen LogP contribution in [0.25, 0.3) is 0 Å². The summed E-state index contributed by atoms with van der Waals surface area (Å²) in [5, 5.41) is 2.41. The van der Waals surface area contributed by atoms with Gasteiger partial charge in [-0.15, -0.1) is 11.8 Å². The molecule has 0 spiro atoms. The van der Waals surface area contributed by atoms with Crippen molar-refractivity contribution in [2.45, 2.75) is 0 Å². The van der Waals surface area contributed by atoms with Gasteiger partial charge in [0, 0.05) is 16.8 Å². The minimum Gasteiger partial charge on any atom is -0.310 e. The van der Waals surface area contributed by atoms with Gasteiger partial charge in [-0.1, -0.05) is 11.6 Å². The van der Waals surface area contributed by atoms with Crippen LogP contribution in [0.4, 0.5) is 0 Å². The Balaban J connectivity index is 2.06. The Hall–Kier alpha value is -1.26. The number of thioether (sulfide) groups is 1. The first-order chi connectivity index (χ1) is 8.16. The largest absolute Gasteiger partial charge is 0.310 e. The van der Waals surface area contributed by atoms with Crippen LogP contribution in [0.3, 0.4) is 0 Å². The molecule has 5 heteroatoms. The van der Waals surface area contributed by atoms with Crippen molar-refractivity contribution in [2.24, 2.45) is 0 Å². The van der Waals surface area contributed by atoms with Gasteiger partial charge in [0.05, 0.1) is 12.3 Å². The van der Waals surface area contributed by atoms with Gasteiger partial charge in [-0.3, -0.25) is 9.59 Å². The molecule has 0 aromatic heterocycles. The molecule has 0 N–H and O–H groups in total. The highest BCUT2D eigenvalue weighted by atomic mass is 35.5. The maximum Gasteiger partial charge on any atom is 0.237 e. The molecule has 0 atom stereocenters. The number of hydrogen-bond donors (Lipinski definition) is 0. The zero-order valence-electron chi connectivity index (χ0n) is 8.93. The van der Waals surface area contributed by atoms with Crippen molar-refractivity contribution in [3.63, 3.8) is 0 Å². The molecule has 1 aliphatic heterocycles. The quantitative estimate of drug-likeness (QED) is 0.790. The number of amides is 1. The molecule has 17 heavy (non-hydrogen) atoms. The fourth-order valence-electron chi connectivity index (χ4n) is 1.42. The zero-order valence-corrected chi connectivity index (χ0v) is 10.5. The molecule has 0 bridgehead atoms. The van der Waals surface area contributed by atoms with Crippen molar-refractivity contribution in [1.29, 1.82) is 0 Å². The van der Waals surface area contributed by atoms with Crippen LogP contribution in [0.5, 0.6) is 0 Å². The van der Waals surface area contributed by atoms with Crippen LogP contribution in [0.2, 0.25) is 5.02 Å². The predicted molar refractivity (Wildman–Crippen MR) is 69.1 cm³/mol. The van der Waals surface area contributed by atoms with Crippen LogP contribution in [0.1, 0.15) is 10.4 Å². The van der Waals surface area contributed by atoms with E-state index in [1.165, 1.54) is 16.7 Å². The van der Waals surface area contributed by atoms with Gasteiger partial charge in [0.15, 0.2) is 5.78 Å². The SMILES string of the molecule is O=C(CN1C=CSCC1=O)c1ccc(Cl)cc1. The van der Waals surface area contributed by atoms with Gasteiger partial charge in [0.1, 0.15) is 0 Å². The molecule has 0 saturated heterocycles.